The Hall–Kier alpha value is -2.70. The van der Waals surface area contributed by atoms with Gasteiger partial charge in [-0.2, -0.15) is 5.10 Å². The molecule has 0 bridgehead atoms. The number of carboxylic acids is 1. The van der Waals surface area contributed by atoms with Crippen molar-refractivity contribution in [3.8, 4) is 11.3 Å². The average Bonchev–Trinajstić information content (AvgIpc) is 3.07. The number of fused-ring (bicyclic) bond motifs is 1. The summed E-state index contributed by atoms with van der Waals surface area (Å²) in [6, 6.07) is 13.3. The highest BCUT2D eigenvalue weighted by molar-refractivity contribution is 6.08. The molecule has 1 aromatic heterocycles. The van der Waals surface area contributed by atoms with Crippen molar-refractivity contribution in [2.24, 2.45) is 0 Å². The molecular formula is C19H19N3O3. The summed E-state index contributed by atoms with van der Waals surface area (Å²) in [6.07, 6.45) is 0. The number of benzene rings is 2. The fraction of sp³-hybridized carbons (Fsp3) is 0.263. The van der Waals surface area contributed by atoms with Crippen molar-refractivity contribution in [3.05, 3.63) is 53.6 Å². The van der Waals surface area contributed by atoms with Crippen LogP contribution in [0, 0.1) is 0 Å². The monoisotopic (exact) mass is 337 g/mol. The van der Waals surface area contributed by atoms with Gasteiger partial charge in [-0.25, -0.2) is 4.79 Å². The number of aromatic carboxylic acids is 1. The van der Waals surface area contributed by atoms with Gasteiger partial charge < -0.3 is 9.84 Å². The number of nitrogens with zero attached hydrogens (tertiary/aromatic N) is 2. The molecule has 0 aliphatic carbocycles. The van der Waals surface area contributed by atoms with Crippen LogP contribution in [0.15, 0.2) is 42.5 Å². The van der Waals surface area contributed by atoms with Crippen LogP contribution in [0.5, 0.6) is 0 Å². The number of H-pyrrole nitrogens is 1. The molecule has 6 nitrogen and oxygen atoms in total. The van der Waals surface area contributed by atoms with Crippen molar-refractivity contribution in [2.75, 3.05) is 26.3 Å². The molecule has 2 aromatic carbocycles. The topological polar surface area (TPSA) is 78.4 Å². The number of hydrogen-bond acceptors (Lipinski definition) is 4. The van der Waals surface area contributed by atoms with Crippen molar-refractivity contribution in [3.63, 3.8) is 0 Å². The Balaban J connectivity index is 1.71. The summed E-state index contributed by atoms with van der Waals surface area (Å²) in [6.45, 7) is 4.25. The zero-order valence-corrected chi connectivity index (χ0v) is 13.7. The quantitative estimate of drug-likeness (QED) is 0.765. The van der Waals surface area contributed by atoms with Gasteiger partial charge in [0.2, 0.25) is 0 Å². The van der Waals surface area contributed by atoms with Gasteiger partial charge in [0.25, 0.3) is 0 Å². The average molecular weight is 337 g/mol. The molecular weight excluding hydrogens is 318 g/mol. The molecule has 1 aliphatic heterocycles. The number of hydrogen-bond donors (Lipinski definition) is 2. The summed E-state index contributed by atoms with van der Waals surface area (Å²) in [5.41, 5.74) is 3.78. The lowest BCUT2D eigenvalue weighted by Gasteiger charge is -2.26. The standard InChI is InChI=1S/C19H19N3O3/c23-19(24)15-5-2-6-16-17(15)18(21-20-16)14-4-1-3-13(11-14)12-22-7-9-25-10-8-22/h1-6,11H,7-10,12H2,(H,20,21)(H,23,24). The van der Waals surface area contributed by atoms with Crippen LogP contribution in [0.4, 0.5) is 0 Å². The molecule has 0 radical (unpaired) electrons. The normalized spacial score (nSPS) is 15.5. The predicted molar refractivity (Wildman–Crippen MR) is 94.6 cm³/mol. The molecule has 0 amide bonds. The van der Waals surface area contributed by atoms with E-state index in [9.17, 15) is 9.90 Å². The molecule has 1 saturated heterocycles. The first-order valence-corrected chi connectivity index (χ1v) is 8.32. The van der Waals surface area contributed by atoms with Crippen LogP contribution in [0.3, 0.4) is 0 Å². The summed E-state index contributed by atoms with van der Waals surface area (Å²) in [4.78, 5) is 13.9. The van der Waals surface area contributed by atoms with E-state index >= 15 is 0 Å². The van der Waals surface area contributed by atoms with Crippen LogP contribution in [0.25, 0.3) is 22.2 Å². The van der Waals surface area contributed by atoms with Crippen molar-refractivity contribution in [1.29, 1.82) is 0 Å². The van der Waals surface area contributed by atoms with E-state index in [0.717, 1.165) is 43.9 Å². The number of aromatic nitrogens is 2. The summed E-state index contributed by atoms with van der Waals surface area (Å²) in [7, 11) is 0. The van der Waals surface area contributed by atoms with E-state index in [1.807, 2.05) is 18.2 Å². The number of rotatable bonds is 4. The minimum Gasteiger partial charge on any atom is -0.478 e. The second-order valence-electron chi connectivity index (χ2n) is 6.19. The third kappa shape index (κ3) is 3.14. The summed E-state index contributed by atoms with van der Waals surface area (Å²) in [5, 5.41) is 17.5. The number of ether oxygens (including phenoxy) is 1. The molecule has 6 heteroatoms. The smallest absolute Gasteiger partial charge is 0.336 e. The van der Waals surface area contributed by atoms with Crippen LogP contribution in [0.1, 0.15) is 15.9 Å². The molecule has 0 unspecified atom stereocenters. The highest BCUT2D eigenvalue weighted by Gasteiger charge is 2.17. The largest absolute Gasteiger partial charge is 0.478 e. The van der Waals surface area contributed by atoms with Crippen LogP contribution in [-0.4, -0.2) is 52.5 Å². The summed E-state index contributed by atoms with van der Waals surface area (Å²) in [5.74, 6) is -0.947. The number of morpholine rings is 1. The Morgan fingerprint density at radius 2 is 2.00 bits per heavy atom. The zero-order valence-electron chi connectivity index (χ0n) is 13.7. The van der Waals surface area contributed by atoms with Crippen molar-refractivity contribution >= 4 is 16.9 Å². The van der Waals surface area contributed by atoms with E-state index in [1.54, 1.807) is 12.1 Å². The Bertz CT molecular complexity index is 913. The maximum Gasteiger partial charge on any atom is 0.336 e. The Kier molecular flexibility index (Phi) is 4.21. The first-order chi connectivity index (χ1) is 12.2. The first kappa shape index (κ1) is 15.8. The van der Waals surface area contributed by atoms with Gasteiger partial charge in [0.1, 0.15) is 5.69 Å². The third-order valence-electron chi connectivity index (χ3n) is 4.53. The number of aromatic amines is 1. The van der Waals surface area contributed by atoms with E-state index < -0.39 is 5.97 Å². The minimum absolute atomic E-state index is 0.264. The van der Waals surface area contributed by atoms with E-state index in [4.69, 9.17) is 4.74 Å². The van der Waals surface area contributed by atoms with Gasteiger partial charge in [0, 0.05) is 30.6 Å². The van der Waals surface area contributed by atoms with E-state index in [2.05, 4.69) is 27.2 Å². The summed E-state index contributed by atoms with van der Waals surface area (Å²) >= 11 is 0. The second kappa shape index (κ2) is 6.66. The maximum atomic E-state index is 11.6. The molecule has 25 heavy (non-hydrogen) atoms. The maximum absolute atomic E-state index is 11.6. The van der Waals surface area contributed by atoms with E-state index in [0.29, 0.717) is 11.1 Å². The lowest BCUT2D eigenvalue weighted by molar-refractivity contribution is 0.0342. The number of carboxylic acid groups (broad SMARTS) is 1. The van der Waals surface area contributed by atoms with Crippen molar-refractivity contribution in [2.45, 2.75) is 6.54 Å². The van der Waals surface area contributed by atoms with Crippen LogP contribution in [0.2, 0.25) is 0 Å². The van der Waals surface area contributed by atoms with Crippen LogP contribution >= 0.6 is 0 Å². The van der Waals surface area contributed by atoms with Gasteiger partial charge in [0.15, 0.2) is 0 Å². The third-order valence-corrected chi connectivity index (χ3v) is 4.53. The highest BCUT2D eigenvalue weighted by Crippen LogP contribution is 2.30. The summed E-state index contributed by atoms with van der Waals surface area (Å²) < 4.78 is 5.39. The molecule has 3 aromatic rings. The van der Waals surface area contributed by atoms with Crippen LogP contribution < -0.4 is 0 Å². The van der Waals surface area contributed by atoms with Gasteiger partial charge in [-0.1, -0.05) is 24.3 Å². The van der Waals surface area contributed by atoms with Crippen molar-refractivity contribution in [1.82, 2.24) is 15.1 Å². The second-order valence-corrected chi connectivity index (χ2v) is 6.19. The van der Waals surface area contributed by atoms with Gasteiger partial charge in [0.05, 0.1) is 24.3 Å². The number of nitrogens with one attached hydrogen (secondary N) is 1. The molecule has 0 atom stereocenters. The lowest BCUT2D eigenvalue weighted by atomic mass is 10.0. The lowest BCUT2D eigenvalue weighted by Crippen LogP contribution is -2.35. The first-order valence-electron chi connectivity index (χ1n) is 8.32. The molecule has 2 N–H and O–H groups in total. The van der Waals surface area contributed by atoms with Gasteiger partial charge in [-0.05, 0) is 23.8 Å². The fourth-order valence-electron chi connectivity index (χ4n) is 3.29. The SMILES string of the molecule is O=C(O)c1cccc2[nH]nc(-c3cccc(CN4CCOCC4)c3)c12. The van der Waals surface area contributed by atoms with E-state index in [1.165, 1.54) is 5.56 Å². The van der Waals surface area contributed by atoms with Crippen molar-refractivity contribution < 1.29 is 14.6 Å². The molecule has 128 valence electrons. The molecule has 4 rings (SSSR count). The van der Waals surface area contributed by atoms with Gasteiger partial charge in [-0.15, -0.1) is 0 Å². The van der Waals surface area contributed by atoms with Gasteiger partial charge >= 0.3 is 5.97 Å². The molecule has 1 aliphatic rings. The molecule has 0 saturated carbocycles. The predicted octanol–water partition coefficient (Wildman–Crippen LogP) is 2.76. The molecule has 0 spiro atoms. The number of carbonyl (C=O) groups is 1. The van der Waals surface area contributed by atoms with Crippen LogP contribution in [-0.2, 0) is 11.3 Å². The Morgan fingerprint density at radius 1 is 1.20 bits per heavy atom. The van der Waals surface area contributed by atoms with Gasteiger partial charge in [-0.3, -0.25) is 10.00 Å². The Morgan fingerprint density at radius 3 is 2.80 bits per heavy atom. The minimum atomic E-state index is -0.947. The molecule has 1 fully saturated rings. The van der Waals surface area contributed by atoms with E-state index in [-0.39, 0.29) is 5.56 Å². The fourth-order valence-corrected chi connectivity index (χ4v) is 3.29. The highest BCUT2D eigenvalue weighted by atomic mass is 16.5. The Labute approximate surface area is 145 Å². The molecule has 2 heterocycles. The zero-order chi connectivity index (χ0) is 17.2.